The second kappa shape index (κ2) is 34.0. The molecule has 15 heteroatoms. The van der Waals surface area contributed by atoms with E-state index in [9.17, 15) is 10.2 Å². The Balaban J connectivity index is 2.07. The van der Waals surface area contributed by atoms with Crippen molar-refractivity contribution in [2.45, 2.75) is 53.8 Å². The van der Waals surface area contributed by atoms with E-state index < -0.39 is 12.2 Å². The fourth-order valence-electron chi connectivity index (χ4n) is 7.78. The third-order valence-electron chi connectivity index (χ3n) is 12.0. The Labute approximate surface area is 349 Å². The molecule has 0 aromatic rings. The van der Waals surface area contributed by atoms with Crippen molar-refractivity contribution in [3.05, 3.63) is 0 Å². The van der Waals surface area contributed by atoms with Gasteiger partial charge in [-0.3, -0.25) is 14.7 Å². The van der Waals surface area contributed by atoms with Gasteiger partial charge in [0.25, 0.3) is 0 Å². The Morgan fingerprint density at radius 3 is 0.895 bits per heavy atom. The Morgan fingerprint density at radius 2 is 0.632 bits per heavy atom. The molecule has 57 heavy (non-hydrogen) atoms. The molecule has 2 aliphatic rings. The number of aliphatic hydroxyl groups is 3. The summed E-state index contributed by atoms with van der Waals surface area (Å²) in [7, 11) is 0. The molecule has 3 N–H and O–H groups in total. The number of likely N-dealkylation sites (N-methyl/N-ethyl adjacent to an activating group) is 6. The van der Waals surface area contributed by atoms with E-state index in [0.717, 1.165) is 144 Å². The van der Waals surface area contributed by atoms with E-state index in [1.807, 2.05) is 0 Å². The van der Waals surface area contributed by atoms with Gasteiger partial charge in [-0.05, 0) is 39.3 Å². The van der Waals surface area contributed by atoms with Crippen molar-refractivity contribution in [2.24, 2.45) is 0 Å². The summed E-state index contributed by atoms with van der Waals surface area (Å²) in [6, 6.07) is 0. The molecule has 15 nitrogen and oxygen atoms in total. The van der Waals surface area contributed by atoms with Crippen molar-refractivity contribution in [3.8, 4) is 0 Å². The minimum atomic E-state index is -0.548. The van der Waals surface area contributed by atoms with Crippen LogP contribution >= 0.6 is 0 Å². The Bertz CT molecular complexity index is 822. The van der Waals surface area contributed by atoms with Crippen LogP contribution in [0.4, 0.5) is 0 Å². The Kier molecular flexibility index (Phi) is 31.4. The molecule has 2 fully saturated rings. The lowest BCUT2D eigenvalue weighted by Crippen LogP contribution is -2.50. The van der Waals surface area contributed by atoms with Crippen molar-refractivity contribution < 1.29 is 29.5 Å². The number of rotatable bonds is 25. The maximum Gasteiger partial charge on any atom is 0.0793 e. The molecule has 0 bridgehead atoms. The highest BCUT2D eigenvalue weighted by Gasteiger charge is 2.23. The van der Waals surface area contributed by atoms with Crippen molar-refractivity contribution in [2.75, 3.05) is 223 Å². The summed E-state index contributed by atoms with van der Waals surface area (Å²) in [5.41, 5.74) is 0. The van der Waals surface area contributed by atoms with Crippen LogP contribution in [-0.4, -0.2) is 295 Å². The molecule has 2 aliphatic heterocycles. The van der Waals surface area contributed by atoms with Crippen molar-refractivity contribution in [1.82, 2.24) is 44.1 Å². The molecule has 0 saturated carbocycles. The van der Waals surface area contributed by atoms with E-state index in [4.69, 9.17) is 19.3 Å². The van der Waals surface area contributed by atoms with Gasteiger partial charge in [0.1, 0.15) is 0 Å². The van der Waals surface area contributed by atoms with Crippen LogP contribution in [-0.2, 0) is 14.2 Å². The lowest BCUT2D eigenvalue weighted by atomic mass is 10.2. The third-order valence-corrected chi connectivity index (χ3v) is 12.0. The van der Waals surface area contributed by atoms with Crippen LogP contribution in [0.15, 0.2) is 0 Å². The SMILES string of the molecule is CCN1CCN(CC)CCN(CC(O)CN(CCOCCOCCOCCO)CC(O)CN2CCN(CC)CCN(CC)CCN(CC)CC2)CCN(CC)CC1. The molecule has 340 valence electrons. The summed E-state index contributed by atoms with van der Waals surface area (Å²) in [4.78, 5) is 22.4. The van der Waals surface area contributed by atoms with Crippen LogP contribution in [0.5, 0.6) is 0 Å². The third kappa shape index (κ3) is 25.1. The van der Waals surface area contributed by atoms with Gasteiger partial charge in [-0.25, -0.2) is 0 Å². The maximum atomic E-state index is 11.7. The van der Waals surface area contributed by atoms with Gasteiger partial charge in [0.2, 0.25) is 0 Å². The van der Waals surface area contributed by atoms with Crippen LogP contribution in [0.1, 0.15) is 41.5 Å². The number of aliphatic hydroxyl groups excluding tert-OH is 3. The van der Waals surface area contributed by atoms with E-state index in [1.165, 1.54) is 0 Å². The van der Waals surface area contributed by atoms with E-state index >= 15 is 0 Å². The maximum absolute atomic E-state index is 11.7. The van der Waals surface area contributed by atoms with E-state index in [0.29, 0.717) is 72.4 Å². The molecule has 0 aromatic carbocycles. The minimum absolute atomic E-state index is 0.0130. The highest BCUT2D eigenvalue weighted by atomic mass is 16.5. The van der Waals surface area contributed by atoms with Crippen LogP contribution in [0.3, 0.4) is 0 Å². The summed E-state index contributed by atoms with van der Waals surface area (Å²) in [6.07, 6.45) is -1.10. The molecule has 0 aliphatic carbocycles. The van der Waals surface area contributed by atoms with Gasteiger partial charge in [-0.2, -0.15) is 0 Å². The largest absolute Gasteiger partial charge is 0.394 e. The van der Waals surface area contributed by atoms with Gasteiger partial charge in [0, 0.05) is 137 Å². The first-order chi connectivity index (χ1) is 27.8. The van der Waals surface area contributed by atoms with E-state index in [-0.39, 0.29) is 6.61 Å². The standard InChI is InChI=1S/C42H91N9O6/c1-7-43-13-17-45(9-3)21-25-49(26-22-46(10-4)18-14-43)37-41(53)39-51(29-31-55-33-35-57-36-34-56-32-30-52)40-42(54)38-50-27-23-47(11-5)19-15-44(8-2)16-20-48(12-6)24-28-50/h41-42,52-54H,7-40H2,1-6H3. The zero-order chi connectivity index (χ0) is 41.5. The second-order valence-corrected chi connectivity index (χ2v) is 15.8. The first kappa shape index (κ1) is 52.5. The first-order valence-corrected chi connectivity index (χ1v) is 23.0. The monoisotopic (exact) mass is 818 g/mol. The molecule has 2 heterocycles. The minimum Gasteiger partial charge on any atom is -0.394 e. The van der Waals surface area contributed by atoms with Crippen molar-refractivity contribution >= 4 is 0 Å². The van der Waals surface area contributed by atoms with E-state index in [2.05, 4.69) is 85.6 Å². The predicted molar refractivity (Wildman–Crippen MR) is 234 cm³/mol. The summed E-state index contributed by atoms with van der Waals surface area (Å²) < 4.78 is 16.9. The van der Waals surface area contributed by atoms with Crippen LogP contribution < -0.4 is 0 Å². The molecule has 2 atom stereocenters. The summed E-state index contributed by atoms with van der Waals surface area (Å²) in [6.45, 7) is 41.7. The predicted octanol–water partition coefficient (Wildman–Crippen LogP) is -0.385. The molecule has 2 unspecified atom stereocenters. The van der Waals surface area contributed by atoms with Crippen molar-refractivity contribution in [3.63, 3.8) is 0 Å². The van der Waals surface area contributed by atoms with Crippen molar-refractivity contribution in [1.29, 1.82) is 0 Å². The highest BCUT2D eigenvalue weighted by molar-refractivity contribution is 4.78. The normalized spacial score (nSPS) is 21.6. The van der Waals surface area contributed by atoms with Crippen LogP contribution in [0.25, 0.3) is 0 Å². The molecule has 0 spiro atoms. The van der Waals surface area contributed by atoms with E-state index in [1.54, 1.807) is 0 Å². The van der Waals surface area contributed by atoms with Crippen LogP contribution in [0.2, 0.25) is 0 Å². The van der Waals surface area contributed by atoms with Gasteiger partial charge in [-0.1, -0.05) is 41.5 Å². The molecular formula is C42H91N9O6. The Hall–Kier alpha value is -0.600. The first-order valence-electron chi connectivity index (χ1n) is 23.0. The quantitative estimate of drug-likeness (QED) is 0.104. The average molecular weight is 818 g/mol. The van der Waals surface area contributed by atoms with Gasteiger partial charge in [0.05, 0.1) is 58.5 Å². The summed E-state index contributed by atoms with van der Waals surface area (Å²) >= 11 is 0. The highest BCUT2D eigenvalue weighted by Crippen LogP contribution is 2.07. The molecular weight excluding hydrogens is 727 g/mol. The lowest BCUT2D eigenvalue weighted by Gasteiger charge is -2.36. The van der Waals surface area contributed by atoms with Gasteiger partial charge >= 0.3 is 0 Å². The van der Waals surface area contributed by atoms with Gasteiger partial charge in [0.15, 0.2) is 0 Å². The van der Waals surface area contributed by atoms with Crippen LogP contribution in [0, 0.1) is 0 Å². The molecule has 2 saturated heterocycles. The summed E-state index contributed by atoms with van der Waals surface area (Å²) in [5.74, 6) is 0. The zero-order valence-electron chi connectivity index (χ0n) is 37.8. The number of hydrogen-bond acceptors (Lipinski definition) is 15. The molecule has 0 radical (unpaired) electrons. The molecule has 2 rings (SSSR count). The number of nitrogens with zero attached hydrogens (tertiary/aromatic N) is 9. The average Bonchev–Trinajstić information content (AvgIpc) is 3.20. The number of hydrogen-bond donors (Lipinski definition) is 3. The number of ether oxygens (including phenoxy) is 3. The van der Waals surface area contributed by atoms with Gasteiger partial charge in [-0.15, -0.1) is 0 Å². The van der Waals surface area contributed by atoms with Gasteiger partial charge < -0.3 is 58.9 Å². The fourth-order valence-corrected chi connectivity index (χ4v) is 7.78. The Morgan fingerprint density at radius 1 is 0.386 bits per heavy atom. The zero-order valence-corrected chi connectivity index (χ0v) is 37.8. The fraction of sp³-hybridized carbons (Fsp3) is 1.00. The topological polar surface area (TPSA) is 118 Å². The summed E-state index contributed by atoms with van der Waals surface area (Å²) in [5, 5.41) is 32.2. The number of β-amino-alcohol motifs (C(OH)–C–C–N with tert-alkyl or cyclic N) is 2. The molecule has 0 aromatic heterocycles. The lowest BCUT2D eigenvalue weighted by molar-refractivity contribution is -0.00476. The second-order valence-electron chi connectivity index (χ2n) is 15.8. The molecule has 0 amide bonds. The smallest absolute Gasteiger partial charge is 0.0793 e.